The minimum atomic E-state index is -6.49. The van der Waals surface area contributed by atoms with Crippen LogP contribution in [0.15, 0.2) is 12.7 Å². The first-order valence-corrected chi connectivity index (χ1v) is 8.52. The molecule has 0 aromatic heterocycles. The van der Waals surface area contributed by atoms with Gasteiger partial charge in [0, 0.05) is 0 Å². The van der Waals surface area contributed by atoms with Crippen molar-refractivity contribution in [3.63, 3.8) is 0 Å². The Kier molecular flexibility index (Phi) is 5.28. The number of hydrogen-bond acceptors (Lipinski definition) is 4. The molecular formula is C6H6F6O4S2Si. The topological polar surface area (TPSA) is 68.3 Å². The van der Waals surface area contributed by atoms with E-state index in [0.29, 0.717) is 0 Å². The summed E-state index contributed by atoms with van der Waals surface area (Å²) in [4.78, 5) is 0. The van der Waals surface area contributed by atoms with Gasteiger partial charge in [0.15, 0.2) is 4.21 Å². The summed E-state index contributed by atoms with van der Waals surface area (Å²) in [7, 11) is -14.7. The fraction of sp³-hybridized carbons (Fsp3) is 0.667. The molecule has 0 heterocycles. The van der Waals surface area contributed by atoms with Gasteiger partial charge in [-0.3, -0.25) is 0 Å². The van der Waals surface area contributed by atoms with Crippen molar-refractivity contribution in [2.24, 2.45) is 0 Å². The van der Waals surface area contributed by atoms with E-state index in [2.05, 4.69) is 6.58 Å². The maximum Gasteiger partial charge on any atom is 0.498 e. The third-order valence-corrected chi connectivity index (χ3v) is 9.30. The Labute approximate surface area is 107 Å². The molecular weight excluding hydrogens is 342 g/mol. The molecule has 0 spiro atoms. The number of alkyl halides is 6. The standard InChI is InChI=1S/C6H6F6O4S2Si/c1-2-3-19-4(17(13,14)5(7,8)9)18(15,16)6(10,11)12/h2,4H,1,3H2. The number of halogens is 6. The largest absolute Gasteiger partial charge is 0.498 e. The number of sulfone groups is 2. The normalized spacial score (nSPS) is 14.7. The quantitative estimate of drug-likeness (QED) is 0.428. The Morgan fingerprint density at radius 1 is 0.947 bits per heavy atom. The van der Waals surface area contributed by atoms with Crippen LogP contribution in [-0.2, 0) is 19.7 Å². The van der Waals surface area contributed by atoms with E-state index in [1.54, 1.807) is 0 Å². The third kappa shape index (κ3) is 3.72. The van der Waals surface area contributed by atoms with Crippen LogP contribution in [0, 0.1) is 0 Å². The van der Waals surface area contributed by atoms with Gasteiger partial charge in [-0.2, -0.15) is 26.3 Å². The van der Waals surface area contributed by atoms with E-state index in [4.69, 9.17) is 0 Å². The molecule has 0 atom stereocenters. The molecule has 0 aliphatic heterocycles. The van der Waals surface area contributed by atoms with Crippen molar-refractivity contribution in [3.05, 3.63) is 12.7 Å². The van der Waals surface area contributed by atoms with E-state index in [1.165, 1.54) is 0 Å². The van der Waals surface area contributed by atoms with Crippen LogP contribution in [0.1, 0.15) is 0 Å². The molecule has 0 aromatic carbocycles. The van der Waals surface area contributed by atoms with Crippen molar-refractivity contribution in [1.29, 1.82) is 0 Å². The van der Waals surface area contributed by atoms with Gasteiger partial charge in [0.25, 0.3) is 19.7 Å². The molecule has 112 valence electrons. The third-order valence-electron chi connectivity index (χ3n) is 1.64. The van der Waals surface area contributed by atoms with Gasteiger partial charge in [0.1, 0.15) is 0 Å². The fourth-order valence-electron chi connectivity index (χ4n) is 0.808. The Morgan fingerprint density at radius 2 is 1.26 bits per heavy atom. The van der Waals surface area contributed by atoms with Gasteiger partial charge in [0.2, 0.25) is 0 Å². The van der Waals surface area contributed by atoms with Crippen LogP contribution in [0.3, 0.4) is 0 Å². The van der Waals surface area contributed by atoms with Crippen molar-refractivity contribution in [1.82, 2.24) is 0 Å². The lowest BCUT2D eigenvalue weighted by atomic mass is 10.8. The van der Waals surface area contributed by atoms with E-state index < -0.39 is 50.5 Å². The van der Waals surface area contributed by atoms with Crippen LogP contribution in [-0.4, -0.2) is 41.6 Å². The first-order chi connectivity index (χ1) is 8.19. The Balaban J connectivity index is 5.96. The molecule has 0 saturated heterocycles. The van der Waals surface area contributed by atoms with Gasteiger partial charge >= 0.3 is 11.0 Å². The highest BCUT2D eigenvalue weighted by atomic mass is 32.3. The van der Waals surface area contributed by atoms with E-state index >= 15 is 0 Å². The summed E-state index contributed by atoms with van der Waals surface area (Å²) in [6, 6.07) is -0.616. The van der Waals surface area contributed by atoms with Crippen molar-refractivity contribution in [3.8, 4) is 0 Å². The minimum Gasteiger partial charge on any atom is -0.219 e. The predicted octanol–water partition coefficient (Wildman–Crippen LogP) is 1.45. The fourth-order valence-corrected chi connectivity index (χ4v) is 6.78. The summed E-state index contributed by atoms with van der Waals surface area (Å²) in [6.07, 6.45) is 0.823. The first-order valence-electron chi connectivity index (χ1n) is 4.14. The number of allylic oxidation sites excluding steroid dienone is 1. The smallest absolute Gasteiger partial charge is 0.219 e. The Morgan fingerprint density at radius 3 is 1.47 bits per heavy atom. The van der Waals surface area contributed by atoms with E-state index in [9.17, 15) is 43.2 Å². The van der Waals surface area contributed by atoms with Crippen LogP contribution in [0.2, 0.25) is 6.04 Å². The van der Waals surface area contributed by atoms with E-state index in [0.717, 1.165) is 6.08 Å². The Hall–Kier alpha value is -0.563. The van der Waals surface area contributed by atoms with E-state index in [1.807, 2.05) is 0 Å². The Bertz CT molecular complexity index is 487. The second-order valence-corrected chi connectivity index (χ2v) is 9.59. The molecule has 0 aromatic rings. The summed E-state index contributed by atoms with van der Waals surface area (Å²) in [6.45, 7) is 2.98. The SMILES string of the molecule is C=CC[Si]C(S(=O)(=O)C(F)(F)F)S(=O)(=O)C(F)(F)F. The molecule has 0 amide bonds. The molecule has 4 nitrogen and oxygen atoms in total. The predicted molar refractivity (Wildman–Crippen MR) is 54.5 cm³/mol. The summed E-state index contributed by atoms with van der Waals surface area (Å²) >= 11 is 0. The average Bonchev–Trinajstić information content (AvgIpc) is 2.13. The molecule has 0 aliphatic carbocycles. The van der Waals surface area contributed by atoms with Crippen molar-refractivity contribution in [2.75, 3.05) is 0 Å². The highest BCUT2D eigenvalue weighted by Crippen LogP contribution is 2.36. The summed E-state index contributed by atoms with van der Waals surface area (Å²) < 4.78 is 113. The molecule has 0 fully saturated rings. The number of hydrogen-bond donors (Lipinski definition) is 0. The van der Waals surface area contributed by atoms with Gasteiger partial charge in [-0.05, 0) is 6.04 Å². The zero-order chi connectivity index (χ0) is 15.7. The van der Waals surface area contributed by atoms with Gasteiger partial charge in [0.05, 0.1) is 9.52 Å². The molecule has 0 bridgehead atoms. The van der Waals surface area contributed by atoms with Crippen LogP contribution in [0.4, 0.5) is 26.3 Å². The van der Waals surface area contributed by atoms with Crippen LogP contribution in [0.5, 0.6) is 0 Å². The molecule has 19 heavy (non-hydrogen) atoms. The summed E-state index contributed by atoms with van der Waals surface area (Å²) in [5, 5.41) is 0. The van der Waals surface area contributed by atoms with Gasteiger partial charge in [-0.25, -0.2) is 16.8 Å². The molecule has 0 saturated carbocycles. The maximum atomic E-state index is 12.2. The zero-order valence-electron chi connectivity index (χ0n) is 8.79. The van der Waals surface area contributed by atoms with Gasteiger partial charge in [-0.15, -0.1) is 6.58 Å². The number of rotatable bonds is 5. The van der Waals surface area contributed by atoms with Crippen molar-refractivity contribution >= 4 is 29.2 Å². The monoisotopic (exact) mass is 348 g/mol. The summed E-state index contributed by atoms with van der Waals surface area (Å²) in [5.74, 6) is 0. The maximum absolute atomic E-state index is 12.2. The highest BCUT2D eigenvalue weighted by molar-refractivity contribution is 8.11. The highest BCUT2D eigenvalue weighted by Gasteiger charge is 2.62. The van der Waals surface area contributed by atoms with Crippen molar-refractivity contribution in [2.45, 2.75) is 21.3 Å². The molecule has 13 heteroatoms. The first kappa shape index (κ1) is 18.4. The second-order valence-electron chi connectivity index (χ2n) is 3.01. The van der Waals surface area contributed by atoms with Crippen molar-refractivity contribution < 1.29 is 43.2 Å². The zero-order valence-corrected chi connectivity index (χ0v) is 11.4. The minimum absolute atomic E-state index is 0.616. The van der Waals surface area contributed by atoms with E-state index in [-0.39, 0.29) is 0 Å². The lowest BCUT2D eigenvalue weighted by Crippen LogP contribution is -2.48. The molecule has 2 radical (unpaired) electrons. The van der Waals surface area contributed by atoms with Crippen LogP contribution in [0.25, 0.3) is 0 Å². The molecule has 0 rings (SSSR count). The van der Waals surface area contributed by atoms with Crippen LogP contribution < -0.4 is 0 Å². The average molecular weight is 348 g/mol. The lowest BCUT2D eigenvalue weighted by molar-refractivity contribution is -0.0462. The summed E-state index contributed by atoms with van der Waals surface area (Å²) in [5.41, 5.74) is -12.2. The van der Waals surface area contributed by atoms with Crippen LogP contribution >= 0.6 is 0 Å². The molecule has 0 N–H and O–H groups in total. The lowest BCUT2D eigenvalue weighted by Gasteiger charge is -2.19. The molecule has 0 unspecified atom stereocenters. The van der Waals surface area contributed by atoms with Gasteiger partial charge in [-0.1, -0.05) is 6.08 Å². The second kappa shape index (κ2) is 5.44. The van der Waals surface area contributed by atoms with Gasteiger partial charge < -0.3 is 0 Å². The molecule has 0 aliphatic rings.